The molecule has 0 radical (unpaired) electrons. The predicted molar refractivity (Wildman–Crippen MR) is 153 cm³/mol. The average Bonchev–Trinajstić information content (AvgIpc) is 3.42. The van der Waals surface area contributed by atoms with Gasteiger partial charge in [-0.25, -0.2) is 21.1 Å². The molecule has 4 aromatic rings. The maximum Gasteiger partial charge on any atom is 0.449 e. The number of furan rings is 1. The number of halogens is 3. The molecule has 3 aromatic carbocycles. The fraction of sp³-hybridized carbons (Fsp3) is 0.200. The van der Waals surface area contributed by atoms with Crippen LogP contribution < -0.4 is 0 Å². The third kappa shape index (κ3) is 6.86. The van der Waals surface area contributed by atoms with Gasteiger partial charge in [-0.2, -0.15) is 13.2 Å². The van der Waals surface area contributed by atoms with E-state index < -0.39 is 61.7 Å². The Morgan fingerprint density at radius 2 is 1.45 bits per heavy atom. The maximum absolute atomic E-state index is 13.9. The molecule has 0 fully saturated rings. The standard InChI is InChI=1S/C30H26F3NO8S2/c1-18-13-19(2)28(20(3)14-18)44(40,41)34(29(37)25-11-12-26(42-25)30(31,32)33)16-21-7-9-22(10-8-21)23-5-4-6-24(15-23)43(38,39)17-27(35)36/h4-15H,16-17H2,1-3H3,(H,35,36). The van der Waals surface area contributed by atoms with Crippen molar-refractivity contribution < 1.29 is 49.1 Å². The van der Waals surface area contributed by atoms with Crippen LogP contribution in [0.3, 0.4) is 0 Å². The van der Waals surface area contributed by atoms with Crippen LogP contribution >= 0.6 is 0 Å². The molecule has 0 spiro atoms. The fourth-order valence-corrected chi connectivity index (χ4v) is 7.62. The van der Waals surface area contributed by atoms with Crippen molar-refractivity contribution in [1.29, 1.82) is 0 Å². The number of sulfone groups is 1. The smallest absolute Gasteiger partial charge is 0.449 e. The van der Waals surface area contributed by atoms with Gasteiger partial charge >= 0.3 is 18.1 Å². The number of hydrogen-bond acceptors (Lipinski definition) is 7. The first-order valence-corrected chi connectivity index (χ1v) is 16.0. The Labute approximate surface area is 251 Å². The average molecular weight is 650 g/mol. The fourth-order valence-electron chi connectivity index (χ4n) is 4.76. The van der Waals surface area contributed by atoms with Gasteiger partial charge in [0.25, 0.3) is 10.0 Å². The minimum absolute atomic E-state index is 0.171. The highest BCUT2D eigenvalue weighted by Crippen LogP contribution is 2.33. The zero-order valence-corrected chi connectivity index (χ0v) is 25.2. The molecule has 0 aliphatic carbocycles. The van der Waals surface area contributed by atoms with Gasteiger partial charge in [0.15, 0.2) is 21.4 Å². The van der Waals surface area contributed by atoms with Gasteiger partial charge in [0.2, 0.25) is 5.76 Å². The zero-order valence-electron chi connectivity index (χ0n) is 23.5. The van der Waals surface area contributed by atoms with Crippen LogP contribution in [-0.2, 0) is 37.4 Å². The van der Waals surface area contributed by atoms with E-state index in [1.54, 1.807) is 39.0 Å². The molecule has 0 aliphatic rings. The molecule has 1 N–H and O–H groups in total. The lowest BCUT2D eigenvalue weighted by Gasteiger charge is -2.24. The highest BCUT2D eigenvalue weighted by atomic mass is 32.2. The van der Waals surface area contributed by atoms with Crippen molar-refractivity contribution in [3.8, 4) is 11.1 Å². The van der Waals surface area contributed by atoms with E-state index in [2.05, 4.69) is 0 Å². The third-order valence-electron chi connectivity index (χ3n) is 6.60. The molecule has 4 rings (SSSR count). The first-order valence-electron chi connectivity index (χ1n) is 12.9. The van der Waals surface area contributed by atoms with Crippen molar-refractivity contribution in [2.45, 2.75) is 43.3 Å². The van der Waals surface area contributed by atoms with Crippen molar-refractivity contribution in [1.82, 2.24) is 4.31 Å². The second-order valence-electron chi connectivity index (χ2n) is 10.1. The number of rotatable bonds is 9. The summed E-state index contributed by atoms with van der Waals surface area (Å²) in [6, 6.07) is 16.1. The first kappa shape index (κ1) is 32.5. The molecule has 44 heavy (non-hydrogen) atoms. The van der Waals surface area contributed by atoms with E-state index in [9.17, 15) is 39.6 Å². The molecule has 232 valence electrons. The molecule has 0 saturated heterocycles. The molecule has 1 aromatic heterocycles. The summed E-state index contributed by atoms with van der Waals surface area (Å²) in [4.78, 5) is 24.1. The Balaban J connectivity index is 1.73. The summed E-state index contributed by atoms with van der Waals surface area (Å²) in [7, 11) is -8.72. The van der Waals surface area contributed by atoms with Gasteiger partial charge in [-0.15, -0.1) is 0 Å². The van der Waals surface area contributed by atoms with Gasteiger partial charge in [-0.3, -0.25) is 9.59 Å². The largest absolute Gasteiger partial charge is 0.480 e. The minimum atomic E-state index is -4.90. The van der Waals surface area contributed by atoms with Gasteiger partial charge in [0.1, 0.15) is 0 Å². The summed E-state index contributed by atoms with van der Waals surface area (Å²) in [6.07, 6.45) is -4.90. The van der Waals surface area contributed by atoms with Crippen LogP contribution in [0, 0.1) is 20.8 Å². The number of alkyl halides is 3. The number of carbonyl (C=O) groups excluding carboxylic acids is 1. The van der Waals surface area contributed by atoms with Gasteiger partial charge < -0.3 is 9.52 Å². The van der Waals surface area contributed by atoms with Crippen LogP contribution in [0.1, 0.15) is 38.6 Å². The monoisotopic (exact) mass is 649 g/mol. The van der Waals surface area contributed by atoms with Crippen LogP contribution in [0.5, 0.6) is 0 Å². The van der Waals surface area contributed by atoms with Crippen LogP contribution in [0.15, 0.2) is 87.0 Å². The predicted octanol–water partition coefficient (Wildman–Crippen LogP) is 5.78. The number of nitrogens with zero attached hydrogens (tertiary/aromatic N) is 1. The Bertz CT molecular complexity index is 1940. The number of hydrogen-bond donors (Lipinski definition) is 1. The van der Waals surface area contributed by atoms with E-state index in [0.29, 0.717) is 32.6 Å². The lowest BCUT2D eigenvalue weighted by atomic mass is 10.0. The number of sulfonamides is 1. The van der Waals surface area contributed by atoms with Gasteiger partial charge in [-0.1, -0.05) is 54.1 Å². The number of aliphatic carboxylic acids is 1. The summed E-state index contributed by atoms with van der Waals surface area (Å²) in [5.41, 5.74) is 2.64. The van der Waals surface area contributed by atoms with E-state index in [1.807, 2.05) is 0 Å². The number of carboxylic acid groups (broad SMARTS) is 1. The molecule has 14 heteroatoms. The molecule has 0 aliphatic heterocycles. The van der Waals surface area contributed by atoms with E-state index in [0.717, 1.165) is 11.6 Å². The van der Waals surface area contributed by atoms with Gasteiger partial charge in [0, 0.05) is 0 Å². The van der Waals surface area contributed by atoms with Crippen LogP contribution in [0.25, 0.3) is 11.1 Å². The Morgan fingerprint density at radius 3 is 2.00 bits per heavy atom. The van der Waals surface area contributed by atoms with Gasteiger partial charge in [-0.05, 0) is 72.9 Å². The third-order valence-corrected chi connectivity index (χ3v) is 10.2. The van der Waals surface area contributed by atoms with E-state index >= 15 is 0 Å². The van der Waals surface area contributed by atoms with Crippen LogP contribution in [0.2, 0.25) is 0 Å². The number of aryl methyl sites for hydroxylation is 3. The number of carboxylic acids is 1. The molecule has 1 heterocycles. The second kappa shape index (κ2) is 11.9. The number of amides is 1. The van der Waals surface area contributed by atoms with Crippen molar-refractivity contribution in [2.75, 3.05) is 5.75 Å². The van der Waals surface area contributed by atoms with E-state index in [1.165, 1.54) is 42.5 Å². The lowest BCUT2D eigenvalue weighted by Crippen LogP contribution is -2.37. The maximum atomic E-state index is 13.9. The van der Waals surface area contributed by atoms with Gasteiger partial charge in [0.05, 0.1) is 16.3 Å². The van der Waals surface area contributed by atoms with Crippen LogP contribution in [-0.4, -0.2) is 43.9 Å². The molecule has 9 nitrogen and oxygen atoms in total. The lowest BCUT2D eigenvalue weighted by molar-refractivity contribution is -0.153. The molecular formula is C30H26F3NO8S2. The molecule has 0 saturated carbocycles. The Hall–Kier alpha value is -4.43. The summed E-state index contributed by atoms with van der Waals surface area (Å²) in [5, 5.41) is 8.91. The van der Waals surface area contributed by atoms with Crippen molar-refractivity contribution >= 4 is 31.7 Å². The Morgan fingerprint density at radius 1 is 0.841 bits per heavy atom. The first-order chi connectivity index (χ1) is 20.4. The van der Waals surface area contributed by atoms with Crippen molar-refractivity contribution in [3.05, 3.63) is 107 Å². The normalized spacial score (nSPS) is 12.2. The van der Waals surface area contributed by atoms with Crippen LogP contribution in [0.4, 0.5) is 13.2 Å². The molecule has 0 unspecified atom stereocenters. The second-order valence-corrected chi connectivity index (χ2v) is 13.9. The SMILES string of the molecule is Cc1cc(C)c(S(=O)(=O)N(Cc2ccc(-c3cccc(S(=O)(=O)CC(=O)O)c3)cc2)C(=O)c2ccc(C(F)(F)F)o2)c(C)c1. The minimum Gasteiger partial charge on any atom is -0.480 e. The van der Waals surface area contributed by atoms with Crippen molar-refractivity contribution in [2.24, 2.45) is 0 Å². The highest BCUT2D eigenvalue weighted by Gasteiger charge is 2.38. The summed E-state index contributed by atoms with van der Waals surface area (Å²) >= 11 is 0. The molecule has 0 bridgehead atoms. The van der Waals surface area contributed by atoms with E-state index in [4.69, 9.17) is 9.52 Å². The number of carbonyl (C=O) groups is 2. The molecule has 0 atom stereocenters. The summed E-state index contributed by atoms with van der Waals surface area (Å²) < 4.78 is 97.3. The summed E-state index contributed by atoms with van der Waals surface area (Å²) in [6.45, 7) is 4.29. The number of benzene rings is 3. The van der Waals surface area contributed by atoms with Crippen molar-refractivity contribution in [3.63, 3.8) is 0 Å². The van der Waals surface area contributed by atoms with E-state index in [-0.39, 0.29) is 15.4 Å². The zero-order chi connectivity index (χ0) is 32.6. The topological polar surface area (TPSA) is 139 Å². The highest BCUT2D eigenvalue weighted by molar-refractivity contribution is 7.92. The molecular weight excluding hydrogens is 623 g/mol. The quantitative estimate of drug-likeness (QED) is 0.241. The Kier molecular flexibility index (Phi) is 8.80. The summed E-state index contributed by atoms with van der Waals surface area (Å²) in [5.74, 6) is -6.18. The molecule has 1 amide bonds.